The molecule has 8 nitrogen and oxygen atoms in total. The highest BCUT2D eigenvalue weighted by atomic mass is 16.2. The first-order chi connectivity index (χ1) is 14.6. The maximum atomic E-state index is 13.2. The van der Waals surface area contributed by atoms with E-state index in [4.69, 9.17) is 10.1 Å². The molecule has 3 fully saturated rings. The molecule has 1 unspecified atom stereocenters. The minimum Gasteiger partial charge on any atom is -0.356 e. The van der Waals surface area contributed by atoms with E-state index in [-0.39, 0.29) is 18.0 Å². The normalized spacial score (nSPS) is 27.7. The first-order valence-electron chi connectivity index (χ1n) is 11.5. The number of carbonyl (C=O) groups is 1. The van der Waals surface area contributed by atoms with Crippen LogP contribution < -0.4 is 15.5 Å². The number of carbonyl (C=O) groups excluding carboxylic acids is 1. The zero-order valence-corrected chi connectivity index (χ0v) is 18.1. The lowest BCUT2D eigenvalue weighted by Gasteiger charge is -2.38. The number of anilines is 1. The summed E-state index contributed by atoms with van der Waals surface area (Å²) in [5.41, 5.74) is 2.99. The van der Waals surface area contributed by atoms with E-state index in [1.807, 2.05) is 9.42 Å². The summed E-state index contributed by atoms with van der Waals surface area (Å²) in [5, 5.41) is 11.6. The third kappa shape index (κ3) is 3.67. The van der Waals surface area contributed by atoms with Gasteiger partial charge < -0.3 is 20.4 Å². The Labute approximate surface area is 178 Å². The fraction of sp³-hybridized carbons (Fsp3) is 0.682. The van der Waals surface area contributed by atoms with Crippen molar-refractivity contribution in [1.29, 1.82) is 0 Å². The highest BCUT2D eigenvalue weighted by Crippen LogP contribution is 2.32. The zero-order valence-electron chi connectivity index (χ0n) is 18.1. The summed E-state index contributed by atoms with van der Waals surface area (Å²) < 4.78 is 1.89. The molecule has 162 valence electrons. The van der Waals surface area contributed by atoms with Crippen LogP contribution >= 0.6 is 0 Å². The fourth-order valence-electron chi connectivity index (χ4n) is 5.16. The van der Waals surface area contributed by atoms with Crippen LogP contribution in [0.3, 0.4) is 0 Å². The number of hydrogen-bond donors (Lipinski definition) is 2. The maximum absolute atomic E-state index is 13.2. The number of nitrogens with one attached hydrogen (secondary N) is 2. The predicted octanol–water partition coefficient (Wildman–Crippen LogP) is 1.50. The molecule has 1 amide bonds. The minimum absolute atomic E-state index is 0.0345. The SMILES string of the molecule is Cc1cn2nc([C@@H]3CCCCN3C(=O)C3CNCCN3)cc2nc1N1CC[C@H](C)C1. The first-order valence-corrected chi connectivity index (χ1v) is 11.5. The van der Waals surface area contributed by atoms with Gasteiger partial charge in [0, 0.05) is 57.1 Å². The molecule has 0 radical (unpaired) electrons. The number of likely N-dealkylation sites (tertiary alicyclic amines) is 1. The average molecular weight is 412 g/mol. The van der Waals surface area contributed by atoms with Crippen LogP contribution in [0.4, 0.5) is 5.82 Å². The van der Waals surface area contributed by atoms with Gasteiger partial charge in [-0.3, -0.25) is 4.79 Å². The van der Waals surface area contributed by atoms with E-state index in [9.17, 15) is 4.79 Å². The number of piperidine rings is 1. The van der Waals surface area contributed by atoms with Gasteiger partial charge in [0.1, 0.15) is 5.82 Å². The molecule has 2 aromatic heterocycles. The second-order valence-electron chi connectivity index (χ2n) is 9.21. The molecular weight excluding hydrogens is 378 g/mol. The summed E-state index contributed by atoms with van der Waals surface area (Å²) in [4.78, 5) is 22.6. The standard InChI is InChI=1S/C22H33N7O/c1-15-6-10-27(13-15)21-16(2)14-29-20(25-21)11-17(26-29)19-5-3-4-9-28(19)22(30)18-12-23-7-8-24-18/h11,14-15,18-19,23-24H,3-10,12-13H2,1-2H3/t15-,18?,19-/m0/s1. The van der Waals surface area contributed by atoms with Crippen molar-refractivity contribution in [1.82, 2.24) is 30.1 Å². The van der Waals surface area contributed by atoms with E-state index in [1.54, 1.807) is 0 Å². The van der Waals surface area contributed by atoms with Gasteiger partial charge in [-0.05, 0) is 38.5 Å². The minimum atomic E-state index is -0.138. The second kappa shape index (κ2) is 8.15. The van der Waals surface area contributed by atoms with Crippen LogP contribution in [-0.4, -0.2) is 70.7 Å². The Morgan fingerprint density at radius 3 is 2.87 bits per heavy atom. The largest absolute Gasteiger partial charge is 0.356 e. The Hall–Kier alpha value is -2.19. The van der Waals surface area contributed by atoms with E-state index >= 15 is 0 Å². The Kier molecular flexibility index (Phi) is 5.37. The van der Waals surface area contributed by atoms with Crippen molar-refractivity contribution < 1.29 is 4.79 Å². The lowest BCUT2D eigenvalue weighted by atomic mass is 9.98. The molecule has 0 saturated carbocycles. The molecule has 2 N–H and O–H groups in total. The van der Waals surface area contributed by atoms with Gasteiger partial charge in [0.2, 0.25) is 5.91 Å². The molecule has 0 aliphatic carbocycles. The number of piperazine rings is 1. The molecule has 3 atom stereocenters. The monoisotopic (exact) mass is 411 g/mol. The molecular formula is C22H33N7O. The van der Waals surface area contributed by atoms with E-state index in [0.717, 1.165) is 74.7 Å². The molecule has 5 rings (SSSR count). The predicted molar refractivity (Wildman–Crippen MR) is 117 cm³/mol. The van der Waals surface area contributed by atoms with Crippen LogP contribution in [0.5, 0.6) is 0 Å². The van der Waals surface area contributed by atoms with Gasteiger partial charge in [-0.2, -0.15) is 5.10 Å². The zero-order chi connectivity index (χ0) is 20.7. The fourth-order valence-corrected chi connectivity index (χ4v) is 5.16. The van der Waals surface area contributed by atoms with Crippen LogP contribution in [-0.2, 0) is 4.79 Å². The van der Waals surface area contributed by atoms with E-state index < -0.39 is 0 Å². The topological polar surface area (TPSA) is 77.8 Å². The number of aromatic nitrogens is 3. The van der Waals surface area contributed by atoms with E-state index in [2.05, 4.69) is 41.6 Å². The lowest BCUT2D eigenvalue weighted by Crippen LogP contribution is -2.57. The number of aryl methyl sites for hydroxylation is 1. The van der Waals surface area contributed by atoms with Crippen molar-refractivity contribution in [3.05, 3.63) is 23.5 Å². The molecule has 3 saturated heterocycles. The van der Waals surface area contributed by atoms with Gasteiger partial charge in [-0.25, -0.2) is 9.50 Å². The number of amides is 1. The molecule has 30 heavy (non-hydrogen) atoms. The van der Waals surface area contributed by atoms with Gasteiger partial charge in [0.25, 0.3) is 0 Å². The van der Waals surface area contributed by atoms with Crippen molar-refractivity contribution in [2.24, 2.45) is 5.92 Å². The molecule has 0 bridgehead atoms. The van der Waals surface area contributed by atoms with Crippen molar-refractivity contribution >= 4 is 17.4 Å². The van der Waals surface area contributed by atoms with Gasteiger partial charge in [-0.15, -0.1) is 0 Å². The molecule has 8 heteroatoms. The third-order valence-corrected chi connectivity index (χ3v) is 6.81. The highest BCUT2D eigenvalue weighted by molar-refractivity contribution is 5.83. The Bertz CT molecular complexity index is 920. The Morgan fingerprint density at radius 1 is 1.20 bits per heavy atom. The van der Waals surface area contributed by atoms with Crippen molar-refractivity contribution in [3.8, 4) is 0 Å². The van der Waals surface area contributed by atoms with Crippen LogP contribution in [0, 0.1) is 12.8 Å². The maximum Gasteiger partial charge on any atom is 0.241 e. The summed E-state index contributed by atoms with van der Waals surface area (Å²) >= 11 is 0. The molecule has 0 spiro atoms. The Morgan fingerprint density at radius 2 is 2.10 bits per heavy atom. The number of nitrogens with zero attached hydrogens (tertiary/aromatic N) is 5. The second-order valence-corrected chi connectivity index (χ2v) is 9.21. The van der Waals surface area contributed by atoms with E-state index in [0.29, 0.717) is 12.5 Å². The van der Waals surface area contributed by atoms with Crippen molar-refractivity contribution in [2.45, 2.75) is 51.6 Å². The highest BCUT2D eigenvalue weighted by Gasteiger charge is 2.34. The van der Waals surface area contributed by atoms with Gasteiger partial charge in [0.05, 0.1) is 17.8 Å². The van der Waals surface area contributed by atoms with Crippen LogP contribution in [0.15, 0.2) is 12.3 Å². The van der Waals surface area contributed by atoms with Crippen molar-refractivity contribution in [3.63, 3.8) is 0 Å². The Balaban J connectivity index is 1.43. The van der Waals surface area contributed by atoms with Crippen LogP contribution in [0.1, 0.15) is 49.9 Å². The smallest absolute Gasteiger partial charge is 0.241 e. The van der Waals surface area contributed by atoms with Gasteiger partial charge in [0.15, 0.2) is 5.65 Å². The summed E-state index contributed by atoms with van der Waals surface area (Å²) in [6, 6.07) is 1.98. The third-order valence-electron chi connectivity index (χ3n) is 6.81. The number of rotatable bonds is 3. The van der Waals surface area contributed by atoms with Crippen LogP contribution in [0.2, 0.25) is 0 Å². The van der Waals surface area contributed by atoms with E-state index in [1.165, 1.54) is 6.42 Å². The van der Waals surface area contributed by atoms with Crippen LogP contribution in [0.25, 0.3) is 5.65 Å². The van der Waals surface area contributed by atoms with Gasteiger partial charge >= 0.3 is 0 Å². The number of fused-ring (bicyclic) bond motifs is 1. The molecule has 0 aromatic carbocycles. The quantitative estimate of drug-likeness (QED) is 0.797. The van der Waals surface area contributed by atoms with Crippen molar-refractivity contribution in [2.75, 3.05) is 44.2 Å². The molecule has 2 aromatic rings. The summed E-state index contributed by atoms with van der Waals surface area (Å²) in [5.74, 6) is 1.99. The molecule has 3 aliphatic heterocycles. The first kappa shape index (κ1) is 19.8. The average Bonchev–Trinajstić information content (AvgIpc) is 3.39. The summed E-state index contributed by atoms with van der Waals surface area (Å²) in [7, 11) is 0. The lowest BCUT2D eigenvalue weighted by molar-refractivity contribution is -0.137. The summed E-state index contributed by atoms with van der Waals surface area (Å²) in [6.45, 7) is 9.82. The number of hydrogen-bond acceptors (Lipinski definition) is 6. The van der Waals surface area contributed by atoms with Gasteiger partial charge in [-0.1, -0.05) is 6.92 Å². The molecule has 5 heterocycles. The summed E-state index contributed by atoms with van der Waals surface area (Å²) in [6.07, 6.45) is 6.46. The molecule has 3 aliphatic rings.